The van der Waals surface area contributed by atoms with Crippen LogP contribution in [0.1, 0.15) is 63.4 Å². The van der Waals surface area contributed by atoms with Crippen LogP contribution >= 0.6 is 11.8 Å². The molecular formula is C23H38N2S. The standard InChI is InChI=1S/C23H38N2S/c1-3-9-21(10-4-1)19-25(23-13-7-8-14-23)17-15-24-16-18-26-20-22-11-5-2-6-12-22/h2,5-6,11-12,21,23-24H,1,3-4,7-10,13-20H2. The van der Waals surface area contributed by atoms with Gasteiger partial charge in [0.1, 0.15) is 0 Å². The Bertz CT molecular complexity index is 466. The summed E-state index contributed by atoms with van der Waals surface area (Å²) < 4.78 is 0. The predicted octanol–water partition coefficient (Wildman–Crippen LogP) is 5.33. The van der Waals surface area contributed by atoms with Crippen molar-refractivity contribution in [2.45, 2.75) is 69.6 Å². The number of nitrogens with zero attached hydrogens (tertiary/aromatic N) is 1. The molecule has 0 radical (unpaired) electrons. The minimum Gasteiger partial charge on any atom is -0.315 e. The number of thioether (sulfide) groups is 1. The van der Waals surface area contributed by atoms with E-state index in [1.54, 1.807) is 0 Å². The zero-order valence-electron chi connectivity index (χ0n) is 16.5. The summed E-state index contributed by atoms with van der Waals surface area (Å²) >= 11 is 2.04. The lowest BCUT2D eigenvalue weighted by molar-refractivity contribution is 0.151. The Kier molecular flexibility index (Phi) is 9.37. The zero-order chi connectivity index (χ0) is 17.9. The second kappa shape index (κ2) is 12.0. The van der Waals surface area contributed by atoms with Crippen LogP contribution < -0.4 is 5.32 Å². The molecular weight excluding hydrogens is 336 g/mol. The fourth-order valence-corrected chi connectivity index (χ4v) is 5.51. The van der Waals surface area contributed by atoms with Gasteiger partial charge in [0.2, 0.25) is 0 Å². The Morgan fingerprint density at radius 2 is 1.62 bits per heavy atom. The van der Waals surface area contributed by atoms with Crippen molar-refractivity contribution in [3.8, 4) is 0 Å². The third-order valence-electron chi connectivity index (χ3n) is 6.17. The number of rotatable bonds is 11. The topological polar surface area (TPSA) is 15.3 Å². The van der Waals surface area contributed by atoms with E-state index in [9.17, 15) is 0 Å². The first-order valence-electron chi connectivity index (χ1n) is 11.0. The van der Waals surface area contributed by atoms with Crippen LogP contribution in [0, 0.1) is 5.92 Å². The molecule has 2 nitrogen and oxygen atoms in total. The van der Waals surface area contributed by atoms with Crippen LogP contribution in [-0.4, -0.2) is 42.9 Å². The lowest BCUT2D eigenvalue weighted by Crippen LogP contribution is -2.42. The molecule has 1 aromatic rings. The highest BCUT2D eigenvalue weighted by molar-refractivity contribution is 7.98. The number of hydrogen-bond donors (Lipinski definition) is 1. The van der Waals surface area contributed by atoms with Gasteiger partial charge >= 0.3 is 0 Å². The van der Waals surface area contributed by atoms with Crippen molar-refractivity contribution in [3.05, 3.63) is 35.9 Å². The minimum atomic E-state index is 0.881. The summed E-state index contributed by atoms with van der Waals surface area (Å²) in [6, 6.07) is 11.7. The SMILES string of the molecule is c1ccc(CSCCNCCN(CC2CCCCC2)C2CCCC2)cc1. The van der Waals surface area contributed by atoms with Gasteiger partial charge in [0.25, 0.3) is 0 Å². The first kappa shape index (κ1) is 20.2. The Hall–Kier alpha value is -0.510. The minimum absolute atomic E-state index is 0.881. The van der Waals surface area contributed by atoms with Crippen LogP contribution in [0.2, 0.25) is 0 Å². The van der Waals surface area contributed by atoms with Crippen LogP contribution in [0.3, 0.4) is 0 Å². The fraction of sp³-hybridized carbons (Fsp3) is 0.739. The van der Waals surface area contributed by atoms with E-state index in [2.05, 4.69) is 40.5 Å². The summed E-state index contributed by atoms with van der Waals surface area (Å²) in [6.45, 7) is 4.92. The smallest absolute Gasteiger partial charge is 0.0185 e. The molecule has 0 bridgehead atoms. The molecule has 146 valence electrons. The van der Waals surface area contributed by atoms with Crippen LogP contribution in [0.25, 0.3) is 0 Å². The quantitative estimate of drug-likeness (QED) is 0.527. The highest BCUT2D eigenvalue weighted by Gasteiger charge is 2.25. The lowest BCUT2D eigenvalue weighted by Gasteiger charge is -2.34. The number of nitrogens with one attached hydrogen (secondary N) is 1. The molecule has 2 aliphatic rings. The summed E-state index contributed by atoms with van der Waals surface area (Å²) in [4.78, 5) is 2.85. The molecule has 1 aromatic carbocycles. The summed E-state index contributed by atoms with van der Waals surface area (Å²) in [5.41, 5.74) is 1.44. The average molecular weight is 375 g/mol. The predicted molar refractivity (Wildman–Crippen MR) is 116 cm³/mol. The lowest BCUT2D eigenvalue weighted by atomic mass is 9.88. The first-order chi connectivity index (χ1) is 12.9. The van der Waals surface area contributed by atoms with Crippen molar-refractivity contribution in [2.24, 2.45) is 5.92 Å². The van der Waals surface area contributed by atoms with Crippen molar-refractivity contribution in [2.75, 3.05) is 31.9 Å². The van der Waals surface area contributed by atoms with E-state index in [4.69, 9.17) is 0 Å². The van der Waals surface area contributed by atoms with Crippen LogP contribution in [0.15, 0.2) is 30.3 Å². The van der Waals surface area contributed by atoms with E-state index in [0.717, 1.165) is 30.8 Å². The zero-order valence-corrected chi connectivity index (χ0v) is 17.3. The summed E-state index contributed by atoms with van der Waals surface area (Å²) in [5.74, 6) is 3.32. The molecule has 0 amide bonds. The third kappa shape index (κ3) is 7.25. The maximum Gasteiger partial charge on any atom is 0.0185 e. The number of hydrogen-bond acceptors (Lipinski definition) is 3. The second-order valence-electron chi connectivity index (χ2n) is 8.23. The molecule has 2 aliphatic carbocycles. The molecule has 0 aliphatic heterocycles. The Balaban J connectivity index is 1.29. The van der Waals surface area contributed by atoms with Gasteiger partial charge in [-0.2, -0.15) is 11.8 Å². The Morgan fingerprint density at radius 3 is 2.38 bits per heavy atom. The van der Waals surface area contributed by atoms with E-state index >= 15 is 0 Å². The highest BCUT2D eigenvalue weighted by atomic mass is 32.2. The van der Waals surface area contributed by atoms with Gasteiger partial charge in [0.15, 0.2) is 0 Å². The molecule has 2 saturated carbocycles. The number of benzene rings is 1. The summed E-state index contributed by atoms with van der Waals surface area (Å²) in [5, 5.41) is 3.70. The summed E-state index contributed by atoms with van der Waals surface area (Å²) in [7, 11) is 0. The third-order valence-corrected chi connectivity index (χ3v) is 7.20. The van der Waals surface area contributed by atoms with E-state index in [0.29, 0.717) is 0 Å². The highest BCUT2D eigenvalue weighted by Crippen LogP contribution is 2.28. The average Bonchev–Trinajstić information content (AvgIpc) is 3.23. The Morgan fingerprint density at radius 1 is 0.885 bits per heavy atom. The molecule has 0 unspecified atom stereocenters. The molecule has 0 spiro atoms. The van der Waals surface area contributed by atoms with Gasteiger partial charge in [-0.05, 0) is 37.2 Å². The molecule has 0 heterocycles. The second-order valence-corrected chi connectivity index (χ2v) is 9.33. The van der Waals surface area contributed by atoms with Gasteiger partial charge in [-0.3, -0.25) is 4.90 Å². The van der Waals surface area contributed by atoms with Crippen molar-refractivity contribution in [1.29, 1.82) is 0 Å². The largest absolute Gasteiger partial charge is 0.315 e. The van der Waals surface area contributed by atoms with Gasteiger partial charge in [-0.15, -0.1) is 0 Å². The van der Waals surface area contributed by atoms with Gasteiger partial charge < -0.3 is 5.32 Å². The van der Waals surface area contributed by atoms with Crippen molar-refractivity contribution >= 4 is 11.8 Å². The van der Waals surface area contributed by atoms with E-state index in [-0.39, 0.29) is 0 Å². The molecule has 3 rings (SSSR count). The van der Waals surface area contributed by atoms with Crippen molar-refractivity contribution in [1.82, 2.24) is 10.2 Å². The summed E-state index contributed by atoms with van der Waals surface area (Å²) in [6.07, 6.45) is 13.2. The van der Waals surface area contributed by atoms with Crippen molar-refractivity contribution < 1.29 is 0 Å². The van der Waals surface area contributed by atoms with Crippen LogP contribution in [-0.2, 0) is 5.75 Å². The molecule has 0 aromatic heterocycles. The van der Waals surface area contributed by atoms with E-state index in [1.165, 1.54) is 82.2 Å². The molecule has 26 heavy (non-hydrogen) atoms. The molecule has 0 saturated heterocycles. The van der Waals surface area contributed by atoms with Gasteiger partial charge in [-0.25, -0.2) is 0 Å². The fourth-order valence-electron chi connectivity index (χ4n) is 4.65. The maximum atomic E-state index is 3.70. The van der Waals surface area contributed by atoms with Crippen LogP contribution in [0.4, 0.5) is 0 Å². The normalized spacial score (nSPS) is 19.4. The molecule has 1 N–H and O–H groups in total. The van der Waals surface area contributed by atoms with Gasteiger partial charge in [0.05, 0.1) is 0 Å². The van der Waals surface area contributed by atoms with Gasteiger partial charge in [0, 0.05) is 43.7 Å². The van der Waals surface area contributed by atoms with Crippen LogP contribution in [0.5, 0.6) is 0 Å². The Labute approximate surface area is 165 Å². The molecule has 0 atom stereocenters. The molecule has 3 heteroatoms. The molecule has 2 fully saturated rings. The van der Waals surface area contributed by atoms with Crippen molar-refractivity contribution in [3.63, 3.8) is 0 Å². The monoisotopic (exact) mass is 374 g/mol. The van der Waals surface area contributed by atoms with Gasteiger partial charge in [-0.1, -0.05) is 62.4 Å². The first-order valence-corrected chi connectivity index (χ1v) is 12.1. The van der Waals surface area contributed by atoms with E-state index in [1.807, 2.05) is 11.8 Å². The maximum absolute atomic E-state index is 3.70. The van der Waals surface area contributed by atoms with E-state index < -0.39 is 0 Å².